The molecule has 1 rings (SSSR count). The maximum absolute atomic E-state index is 11.1. The zero-order chi connectivity index (χ0) is 10.0. The van der Waals surface area contributed by atoms with Gasteiger partial charge in [-0.3, -0.25) is 0 Å². The largest absolute Gasteiger partial charge is 0.456 e. The van der Waals surface area contributed by atoms with Gasteiger partial charge in [0, 0.05) is 12.5 Å². The smallest absolute Gasteiger partial charge is 0.331 e. The fraction of sp³-hybridized carbons (Fsp3) is 0.667. The average Bonchev–Trinajstić information content (AvgIpc) is 2.03. The topological polar surface area (TPSA) is 26.3 Å². The van der Waals surface area contributed by atoms with Gasteiger partial charge in [-0.2, -0.15) is 0 Å². The second kappa shape index (κ2) is 4.34. The van der Waals surface area contributed by atoms with Gasteiger partial charge in [0.15, 0.2) is 0 Å². The first-order valence-electron chi connectivity index (χ1n) is 4.20. The van der Waals surface area contributed by atoms with Crippen LogP contribution in [0.15, 0.2) is 11.6 Å². The summed E-state index contributed by atoms with van der Waals surface area (Å²) in [6.07, 6.45) is 1.77. The molecule has 0 saturated heterocycles. The first-order valence-corrected chi connectivity index (χ1v) is 5.07. The number of esters is 1. The van der Waals surface area contributed by atoms with Gasteiger partial charge in [-0.1, -0.05) is 19.4 Å². The summed E-state index contributed by atoms with van der Waals surface area (Å²) >= 11 is 11.3. The molecule has 0 N–H and O–H groups in total. The number of hydrogen-bond acceptors (Lipinski definition) is 2. The third-order valence-electron chi connectivity index (χ3n) is 2.03. The van der Waals surface area contributed by atoms with Crippen LogP contribution in [-0.2, 0) is 9.53 Å². The van der Waals surface area contributed by atoms with Crippen LogP contribution in [0.5, 0.6) is 0 Å². The van der Waals surface area contributed by atoms with Crippen LogP contribution in [0.3, 0.4) is 0 Å². The molecule has 0 aromatic carbocycles. The molecule has 13 heavy (non-hydrogen) atoms. The summed E-state index contributed by atoms with van der Waals surface area (Å²) in [5, 5.41) is 0. The SMILES string of the molecule is CC(C)C1=CC(=O)O[C@H](C(Cl)Cl)C1. The van der Waals surface area contributed by atoms with Crippen LogP contribution in [0, 0.1) is 5.92 Å². The van der Waals surface area contributed by atoms with Crippen LogP contribution >= 0.6 is 23.2 Å². The van der Waals surface area contributed by atoms with E-state index < -0.39 is 10.9 Å². The third kappa shape index (κ3) is 2.89. The highest BCUT2D eigenvalue weighted by Crippen LogP contribution is 2.27. The van der Waals surface area contributed by atoms with Crippen molar-refractivity contribution in [2.24, 2.45) is 5.92 Å². The highest BCUT2D eigenvalue weighted by atomic mass is 35.5. The van der Waals surface area contributed by atoms with Crippen molar-refractivity contribution < 1.29 is 9.53 Å². The molecule has 1 aliphatic rings. The summed E-state index contributed by atoms with van der Waals surface area (Å²) in [5.74, 6) is -0.00585. The number of alkyl halides is 2. The Bertz CT molecular complexity index is 234. The Morgan fingerprint density at radius 2 is 2.15 bits per heavy atom. The van der Waals surface area contributed by atoms with Crippen molar-refractivity contribution >= 4 is 29.2 Å². The molecular formula is C9H12Cl2O2. The van der Waals surface area contributed by atoms with E-state index in [9.17, 15) is 4.79 Å². The van der Waals surface area contributed by atoms with Crippen molar-refractivity contribution in [2.75, 3.05) is 0 Å². The van der Waals surface area contributed by atoms with Gasteiger partial charge in [0.2, 0.25) is 0 Å². The van der Waals surface area contributed by atoms with Crippen LogP contribution in [-0.4, -0.2) is 16.9 Å². The lowest BCUT2D eigenvalue weighted by Gasteiger charge is -2.25. The Morgan fingerprint density at radius 3 is 2.62 bits per heavy atom. The molecule has 74 valence electrons. The minimum absolute atomic E-state index is 0.336. The Hall–Kier alpha value is -0.210. The van der Waals surface area contributed by atoms with E-state index in [1.807, 2.05) is 13.8 Å². The van der Waals surface area contributed by atoms with Crippen molar-refractivity contribution in [3.05, 3.63) is 11.6 Å². The Labute approximate surface area is 87.8 Å². The molecule has 0 bridgehead atoms. The monoisotopic (exact) mass is 222 g/mol. The lowest BCUT2D eigenvalue weighted by atomic mass is 9.95. The van der Waals surface area contributed by atoms with Crippen molar-refractivity contribution in [3.8, 4) is 0 Å². The quantitative estimate of drug-likeness (QED) is 0.531. The van der Waals surface area contributed by atoms with E-state index in [0.29, 0.717) is 12.3 Å². The normalized spacial score (nSPS) is 23.4. The number of rotatable bonds is 2. The van der Waals surface area contributed by atoms with Crippen molar-refractivity contribution in [1.82, 2.24) is 0 Å². The molecule has 0 unspecified atom stereocenters. The first kappa shape index (κ1) is 10.9. The molecule has 0 aromatic rings. The lowest BCUT2D eigenvalue weighted by Crippen LogP contribution is -2.29. The molecule has 1 aliphatic heterocycles. The third-order valence-corrected chi connectivity index (χ3v) is 2.59. The van der Waals surface area contributed by atoms with Gasteiger partial charge in [0.1, 0.15) is 10.9 Å². The number of cyclic esters (lactones) is 1. The predicted octanol–water partition coefficient (Wildman–Crippen LogP) is 2.69. The molecule has 0 radical (unpaired) electrons. The molecule has 1 atom stereocenters. The fourth-order valence-corrected chi connectivity index (χ4v) is 1.49. The van der Waals surface area contributed by atoms with Gasteiger partial charge < -0.3 is 4.74 Å². The Kier molecular flexibility index (Phi) is 3.63. The van der Waals surface area contributed by atoms with E-state index >= 15 is 0 Å². The lowest BCUT2D eigenvalue weighted by molar-refractivity contribution is -0.143. The molecule has 0 spiro atoms. The molecule has 1 heterocycles. The molecule has 0 saturated carbocycles. The second-order valence-corrected chi connectivity index (χ2v) is 4.55. The number of hydrogen-bond donors (Lipinski definition) is 0. The second-order valence-electron chi connectivity index (χ2n) is 3.39. The van der Waals surface area contributed by atoms with E-state index in [2.05, 4.69) is 0 Å². The van der Waals surface area contributed by atoms with Gasteiger partial charge in [-0.15, -0.1) is 23.2 Å². The van der Waals surface area contributed by atoms with Gasteiger partial charge in [-0.05, 0) is 5.92 Å². The minimum Gasteiger partial charge on any atom is -0.456 e. The summed E-state index contributed by atoms with van der Waals surface area (Å²) < 4.78 is 4.95. The summed E-state index contributed by atoms with van der Waals surface area (Å²) in [7, 11) is 0. The molecule has 2 nitrogen and oxygen atoms in total. The fourth-order valence-electron chi connectivity index (χ4n) is 1.21. The molecule has 0 fully saturated rings. The highest BCUT2D eigenvalue weighted by Gasteiger charge is 2.27. The number of carbonyl (C=O) groups excluding carboxylic acids is 1. The molecular weight excluding hydrogens is 211 g/mol. The van der Waals surface area contributed by atoms with E-state index in [1.165, 1.54) is 6.08 Å². The van der Waals surface area contributed by atoms with Crippen molar-refractivity contribution in [1.29, 1.82) is 0 Å². The molecule has 4 heteroatoms. The van der Waals surface area contributed by atoms with Crippen LogP contribution < -0.4 is 0 Å². The number of halogens is 2. The average molecular weight is 223 g/mol. The number of ether oxygens (including phenoxy) is 1. The van der Waals surface area contributed by atoms with Gasteiger partial charge in [0.05, 0.1) is 0 Å². The maximum Gasteiger partial charge on any atom is 0.331 e. The first-order chi connectivity index (χ1) is 6.00. The summed E-state index contributed by atoms with van der Waals surface area (Å²) in [6, 6.07) is 0. The zero-order valence-electron chi connectivity index (χ0n) is 7.59. The minimum atomic E-state index is -0.647. The van der Waals surface area contributed by atoms with E-state index in [1.54, 1.807) is 0 Å². The van der Waals surface area contributed by atoms with Crippen LogP contribution in [0.4, 0.5) is 0 Å². The van der Waals surface area contributed by atoms with Gasteiger partial charge >= 0.3 is 5.97 Å². The zero-order valence-corrected chi connectivity index (χ0v) is 9.10. The van der Waals surface area contributed by atoms with Crippen molar-refractivity contribution in [3.63, 3.8) is 0 Å². The van der Waals surface area contributed by atoms with Gasteiger partial charge in [-0.25, -0.2) is 4.79 Å². The maximum atomic E-state index is 11.1. The highest BCUT2D eigenvalue weighted by molar-refractivity contribution is 6.44. The summed E-state index contributed by atoms with van der Waals surface area (Å²) in [4.78, 5) is 10.4. The Balaban J connectivity index is 2.73. The van der Waals surface area contributed by atoms with E-state index in [-0.39, 0.29) is 5.97 Å². The summed E-state index contributed by atoms with van der Waals surface area (Å²) in [6.45, 7) is 4.05. The van der Waals surface area contributed by atoms with Crippen LogP contribution in [0.25, 0.3) is 0 Å². The molecule has 0 amide bonds. The summed E-state index contributed by atoms with van der Waals surface area (Å²) in [5.41, 5.74) is 1.05. The predicted molar refractivity (Wildman–Crippen MR) is 52.9 cm³/mol. The van der Waals surface area contributed by atoms with E-state index in [4.69, 9.17) is 27.9 Å². The van der Waals surface area contributed by atoms with Crippen LogP contribution in [0.1, 0.15) is 20.3 Å². The standard InChI is InChI=1S/C9H12Cl2O2/c1-5(2)6-3-7(9(10)11)13-8(12)4-6/h4-5,7,9H,3H2,1-2H3/t7-/m0/s1. The Morgan fingerprint density at radius 1 is 1.54 bits per heavy atom. The number of carbonyl (C=O) groups is 1. The molecule has 0 aliphatic carbocycles. The van der Waals surface area contributed by atoms with Crippen LogP contribution in [0.2, 0.25) is 0 Å². The van der Waals surface area contributed by atoms with E-state index in [0.717, 1.165) is 5.57 Å². The molecule has 0 aromatic heterocycles. The van der Waals surface area contributed by atoms with Gasteiger partial charge in [0.25, 0.3) is 0 Å². The van der Waals surface area contributed by atoms with Crippen molar-refractivity contribution in [2.45, 2.75) is 31.2 Å².